The lowest BCUT2D eigenvalue weighted by molar-refractivity contribution is 0.0920. The Morgan fingerprint density at radius 3 is 2.81 bits per heavy atom. The van der Waals surface area contributed by atoms with Gasteiger partial charge in [0.15, 0.2) is 5.13 Å². The Balaban J connectivity index is 1.62. The van der Waals surface area contributed by atoms with Crippen LogP contribution in [0.15, 0.2) is 51.6 Å². The molecule has 1 aliphatic heterocycles. The number of carbonyl (C=O) groups excluding carboxylic acids is 1. The van der Waals surface area contributed by atoms with Crippen molar-refractivity contribution in [3.8, 4) is 11.3 Å². The van der Waals surface area contributed by atoms with Crippen molar-refractivity contribution in [1.82, 2.24) is 4.98 Å². The smallest absolute Gasteiger partial charge is 0.270 e. The molecule has 2 aromatic heterocycles. The van der Waals surface area contributed by atoms with Gasteiger partial charge in [-0.15, -0.1) is 22.7 Å². The van der Waals surface area contributed by atoms with Crippen molar-refractivity contribution >= 4 is 49.6 Å². The van der Waals surface area contributed by atoms with Crippen LogP contribution >= 0.6 is 38.6 Å². The van der Waals surface area contributed by atoms with E-state index in [4.69, 9.17) is 9.72 Å². The van der Waals surface area contributed by atoms with Gasteiger partial charge in [-0.1, -0.05) is 34.1 Å². The number of halogens is 1. The van der Waals surface area contributed by atoms with Gasteiger partial charge in [-0.25, -0.2) is 4.98 Å². The Bertz CT molecular complexity index is 871. The number of amides is 1. The first kappa shape index (κ1) is 17.9. The summed E-state index contributed by atoms with van der Waals surface area (Å²) >= 11 is 6.41. The van der Waals surface area contributed by atoms with Crippen LogP contribution in [-0.2, 0) is 4.74 Å². The van der Waals surface area contributed by atoms with E-state index < -0.39 is 0 Å². The Kier molecular flexibility index (Phi) is 5.49. The summed E-state index contributed by atoms with van der Waals surface area (Å²) in [5.41, 5.74) is 1.92. The summed E-state index contributed by atoms with van der Waals surface area (Å²) in [6, 6.07) is 11.8. The third-order valence-electron chi connectivity index (χ3n) is 4.25. The summed E-state index contributed by atoms with van der Waals surface area (Å²) in [6.45, 7) is 1.32. The van der Waals surface area contributed by atoms with E-state index >= 15 is 0 Å². The van der Waals surface area contributed by atoms with Gasteiger partial charge in [0.25, 0.3) is 5.91 Å². The number of anilines is 1. The lowest BCUT2D eigenvalue weighted by Crippen LogP contribution is -2.37. The van der Waals surface area contributed by atoms with Crippen molar-refractivity contribution < 1.29 is 9.53 Å². The molecule has 1 amide bonds. The highest BCUT2D eigenvalue weighted by atomic mass is 79.9. The zero-order chi connectivity index (χ0) is 17.9. The van der Waals surface area contributed by atoms with Crippen LogP contribution in [0.3, 0.4) is 0 Å². The summed E-state index contributed by atoms with van der Waals surface area (Å²) in [6.07, 6.45) is 2.12. The van der Waals surface area contributed by atoms with E-state index in [0.29, 0.717) is 6.54 Å². The molecule has 0 aliphatic carbocycles. The van der Waals surface area contributed by atoms with E-state index in [1.54, 1.807) is 4.90 Å². The molecule has 26 heavy (non-hydrogen) atoms. The predicted molar refractivity (Wildman–Crippen MR) is 110 cm³/mol. The molecule has 0 bridgehead atoms. The Morgan fingerprint density at radius 1 is 1.27 bits per heavy atom. The van der Waals surface area contributed by atoms with Crippen LogP contribution in [0.1, 0.15) is 22.5 Å². The summed E-state index contributed by atoms with van der Waals surface area (Å²) < 4.78 is 6.79. The molecular weight excluding hydrogens is 432 g/mol. The molecule has 1 atom stereocenters. The number of thiophene rings is 1. The predicted octanol–water partition coefficient (Wildman–Crippen LogP) is 5.46. The number of thiazole rings is 1. The zero-order valence-electron chi connectivity index (χ0n) is 13.9. The fraction of sp³-hybridized carbons (Fsp3) is 0.263. The van der Waals surface area contributed by atoms with Crippen molar-refractivity contribution in [1.29, 1.82) is 0 Å². The molecule has 1 fully saturated rings. The number of hydrogen-bond acceptors (Lipinski definition) is 5. The summed E-state index contributed by atoms with van der Waals surface area (Å²) in [5.74, 6) is -0.00722. The minimum Gasteiger partial charge on any atom is -0.376 e. The molecule has 4 nitrogen and oxygen atoms in total. The Labute approximate surface area is 168 Å². The number of ether oxygens (including phenoxy) is 1. The van der Waals surface area contributed by atoms with Crippen molar-refractivity contribution in [2.24, 2.45) is 0 Å². The summed E-state index contributed by atoms with van der Waals surface area (Å²) in [5, 5.41) is 4.65. The van der Waals surface area contributed by atoms with Gasteiger partial charge in [0.2, 0.25) is 0 Å². The maximum atomic E-state index is 13.0. The first-order chi connectivity index (χ1) is 12.7. The van der Waals surface area contributed by atoms with Gasteiger partial charge in [0, 0.05) is 22.0 Å². The highest BCUT2D eigenvalue weighted by Gasteiger charge is 2.27. The van der Waals surface area contributed by atoms with Crippen LogP contribution in [0.5, 0.6) is 0 Å². The normalized spacial score (nSPS) is 16.7. The van der Waals surface area contributed by atoms with Crippen LogP contribution in [0, 0.1) is 0 Å². The van der Waals surface area contributed by atoms with E-state index in [2.05, 4.69) is 15.9 Å². The second-order valence-electron chi connectivity index (χ2n) is 6.05. The molecule has 1 saturated heterocycles. The molecule has 3 aromatic rings. The van der Waals surface area contributed by atoms with Gasteiger partial charge >= 0.3 is 0 Å². The quantitative estimate of drug-likeness (QED) is 0.520. The van der Waals surface area contributed by atoms with Crippen molar-refractivity contribution in [3.63, 3.8) is 0 Å². The van der Waals surface area contributed by atoms with E-state index in [1.165, 1.54) is 22.7 Å². The third-order valence-corrected chi connectivity index (χ3v) is 6.50. The minimum absolute atomic E-state index is 0.00722. The second kappa shape index (κ2) is 8.00. The largest absolute Gasteiger partial charge is 0.376 e. The van der Waals surface area contributed by atoms with Crippen molar-refractivity contribution in [2.75, 3.05) is 18.1 Å². The van der Waals surface area contributed by atoms with Crippen LogP contribution in [-0.4, -0.2) is 30.1 Å². The van der Waals surface area contributed by atoms with Gasteiger partial charge in [-0.3, -0.25) is 9.69 Å². The van der Waals surface area contributed by atoms with Gasteiger partial charge in [-0.05, 0) is 36.4 Å². The molecule has 0 radical (unpaired) electrons. The molecule has 0 saturated carbocycles. The Hall–Kier alpha value is -1.54. The summed E-state index contributed by atoms with van der Waals surface area (Å²) in [4.78, 5) is 20.3. The number of aromatic nitrogens is 1. The lowest BCUT2D eigenvalue weighted by Gasteiger charge is -2.22. The molecule has 1 aromatic carbocycles. The van der Waals surface area contributed by atoms with E-state index in [0.717, 1.165) is 45.2 Å². The highest BCUT2D eigenvalue weighted by molar-refractivity contribution is 9.10. The number of nitrogens with zero attached hydrogens (tertiary/aromatic N) is 2. The molecule has 3 heterocycles. The van der Waals surface area contributed by atoms with Gasteiger partial charge in [-0.2, -0.15) is 0 Å². The maximum absolute atomic E-state index is 13.0. The zero-order valence-corrected chi connectivity index (χ0v) is 17.1. The monoisotopic (exact) mass is 448 g/mol. The first-order valence-corrected chi connectivity index (χ1v) is 10.9. The van der Waals surface area contributed by atoms with Crippen LogP contribution in [0.25, 0.3) is 11.3 Å². The fourth-order valence-corrected chi connectivity index (χ4v) is 4.69. The standard InChI is InChI=1S/C19H17BrN2O2S2/c20-14-7-5-13(6-8-14)16-12-26-19(21-16)22(11-15-3-1-9-24-15)18(23)17-4-2-10-25-17/h2,4-8,10,12,15H,1,3,9,11H2/t15-/m0/s1. The molecule has 0 N–H and O–H groups in total. The van der Waals surface area contributed by atoms with E-state index in [1.807, 2.05) is 47.2 Å². The first-order valence-electron chi connectivity index (χ1n) is 8.39. The molecular formula is C19H17BrN2O2S2. The highest BCUT2D eigenvalue weighted by Crippen LogP contribution is 2.30. The summed E-state index contributed by atoms with van der Waals surface area (Å²) in [7, 11) is 0. The number of rotatable bonds is 5. The van der Waals surface area contributed by atoms with Crippen LogP contribution < -0.4 is 4.90 Å². The number of hydrogen-bond donors (Lipinski definition) is 0. The maximum Gasteiger partial charge on any atom is 0.270 e. The third kappa shape index (κ3) is 3.91. The molecule has 7 heteroatoms. The lowest BCUT2D eigenvalue weighted by atomic mass is 10.2. The fourth-order valence-electron chi connectivity index (χ4n) is 2.91. The van der Waals surface area contributed by atoms with Gasteiger partial charge in [0.1, 0.15) is 0 Å². The van der Waals surface area contributed by atoms with Gasteiger partial charge < -0.3 is 4.74 Å². The molecule has 4 rings (SSSR count). The van der Waals surface area contributed by atoms with Gasteiger partial charge in [0.05, 0.1) is 23.2 Å². The SMILES string of the molecule is O=C(c1cccs1)N(C[C@@H]1CCCO1)c1nc(-c2ccc(Br)cc2)cs1. The number of carbonyl (C=O) groups is 1. The molecule has 0 unspecified atom stereocenters. The topological polar surface area (TPSA) is 42.4 Å². The Morgan fingerprint density at radius 2 is 2.12 bits per heavy atom. The molecule has 0 spiro atoms. The van der Waals surface area contributed by atoms with Crippen LogP contribution in [0.4, 0.5) is 5.13 Å². The van der Waals surface area contributed by atoms with E-state index in [-0.39, 0.29) is 12.0 Å². The minimum atomic E-state index is -0.00722. The second-order valence-corrected chi connectivity index (χ2v) is 8.75. The average Bonchev–Trinajstić information content (AvgIpc) is 3.42. The number of benzene rings is 1. The average molecular weight is 449 g/mol. The van der Waals surface area contributed by atoms with Crippen molar-refractivity contribution in [3.05, 3.63) is 56.5 Å². The van der Waals surface area contributed by atoms with E-state index in [9.17, 15) is 4.79 Å². The molecule has 134 valence electrons. The van der Waals surface area contributed by atoms with Crippen LogP contribution in [0.2, 0.25) is 0 Å². The molecule has 1 aliphatic rings. The van der Waals surface area contributed by atoms with Crippen molar-refractivity contribution in [2.45, 2.75) is 18.9 Å².